The Morgan fingerprint density at radius 2 is 1.92 bits per heavy atom. The van der Waals surface area contributed by atoms with Crippen molar-refractivity contribution in [3.05, 3.63) is 0 Å². The summed E-state index contributed by atoms with van der Waals surface area (Å²) in [5.74, 6) is 0. The highest BCUT2D eigenvalue weighted by Gasteiger charge is 2.43. The number of nitrogens with one attached hydrogen (secondary N) is 1. The zero-order valence-corrected chi connectivity index (χ0v) is 8.89. The van der Waals surface area contributed by atoms with E-state index in [-0.39, 0.29) is 5.60 Å². The van der Waals surface area contributed by atoms with Crippen LogP contribution in [0.4, 0.5) is 0 Å². The molecule has 0 aromatic heterocycles. The number of hydrogen-bond donors (Lipinski definition) is 1. The molecule has 13 heavy (non-hydrogen) atoms. The zero-order chi connectivity index (χ0) is 9.53. The first-order chi connectivity index (χ1) is 6.05. The van der Waals surface area contributed by atoms with Crippen molar-refractivity contribution in [3.8, 4) is 0 Å². The van der Waals surface area contributed by atoms with Crippen molar-refractivity contribution in [2.45, 2.75) is 19.4 Å². The van der Waals surface area contributed by atoms with Crippen LogP contribution in [0.1, 0.15) is 13.8 Å². The Balaban J connectivity index is 1.75. The molecule has 0 spiro atoms. The van der Waals surface area contributed by atoms with E-state index in [2.05, 4.69) is 24.1 Å². The van der Waals surface area contributed by atoms with Crippen LogP contribution in [0.25, 0.3) is 0 Å². The molecule has 3 heteroatoms. The van der Waals surface area contributed by atoms with Crippen LogP contribution in [-0.2, 0) is 4.74 Å². The van der Waals surface area contributed by atoms with Gasteiger partial charge >= 0.3 is 0 Å². The first-order valence-corrected chi connectivity index (χ1v) is 5.04. The number of hydrogen-bond acceptors (Lipinski definition) is 3. The molecule has 3 nitrogen and oxygen atoms in total. The lowest BCUT2D eigenvalue weighted by atomic mass is 9.81. The van der Waals surface area contributed by atoms with Gasteiger partial charge in [0.15, 0.2) is 0 Å². The van der Waals surface area contributed by atoms with Crippen LogP contribution in [0.15, 0.2) is 0 Å². The number of methoxy groups -OCH3 is 1. The van der Waals surface area contributed by atoms with E-state index in [1.165, 1.54) is 19.6 Å². The lowest BCUT2D eigenvalue weighted by molar-refractivity contribution is -0.124. The first kappa shape index (κ1) is 9.44. The molecule has 2 fully saturated rings. The van der Waals surface area contributed by atoms with E-state index in [9.17, 15) is 0 Å². The third-order valence-corrected chi connectivity index (χ3v) is 3.32. The molecule has 2 aliphatic heterocycles. The molecule has 0 aromatic carbocycles. The highest BCUT2D eigenvalue weighted by molar-refractivity contribution is 4.98. The minimum atomic E-state index is 0.132. The molecule has 0 aromatic rings. The third-order valence-electron chi connectivity index (χ3n) is 3.32. The Morgan fingerprint density at radius 1 is 1.31 bits per heavy atom. The molecule has 0 saturated carbocycles. The van der Waals surface area contributed by atoms with Crippen LogP contribution in [-0.4, -0.2) is 50.3 Å². The average molecular weight is 184 g/mol. The predicted molar refractivity (Wildman–Crippen MR) is 52.8 cm³/mol. The Kier molecular flexibility index (Phi) is 2.13. The standard InChI is InChI=1S/C10H20N2O/c1-9(4-11-5-9)6-12-7-10(2,8-12)13-3/h11H,4-8H2,1-3H3. The van der Waals surface area contributed by atoms with Crippen LogP contribution in [0.2, 0.25) is 0 Å². The largest absolute Gasteiger partial charge is 0.376 e. The van der Waals surface area contributed by atoms with Crippen molar-refractivity contribution in [1.29, 1.82) is 0 Å². The fourth-order valence-electron chi connectivity index (χ4n) is 2.34. The topological polar surface area (TPSA) is 24.5 Å². The van der Waals surface area contributed by atoms with Gasteiger partial charge in [0.05, 0.1) is 5.60 Å². The van der Waals surface area contributed by atoms with Gasteiger partial charge in [-0.25, -0.2) is 0 Å². The lowest BCUT2D eigenvalue weighted by Gasteiger charge is -2.52. The molecule has 2 rings (SSSR count). The maximum Gasteiger partial charge on any atom is 0.0903 e. The highest BCUT2D eigenvalue weighted by atomic mass is 16.5. The molecule has 76 valence electrons. The number of nitrogens with zero attached hydrogens (tertiary/aromatic N) is 1. The van der Waals surface area contributed by atoms with Crippen molar-refractivity contribution in [1.82, 2.24) is 10.2 Å². The summed E-state index contributed by atoms with van der Waals surface area (Å²) in [6, 6.07) is 0. The fourth-order valence-corrected chi connectivity index (χ4v) is 2.34. The van der Waals surface area contributed by atoms with Crippen molar-refractivity contribution in [3.63, 3.8) is 0 Å². The Morgan fingerprint density at radius 3 is 2.31 bits per heavy atom. The Bertz CT molecular complexity index is 195. The molecular formula is C10H20N2O. The van der Waals surface area contributed by atoms with Gasteiger partial charge in [-0.1, -0.05) is 6.92 Å². The molecule has 2 saturated heterocycles. The monoisotopic (exact) mass is 184 g/mol. The van der Waals surface area contributed by atoms with Crippen molar-refractivity contribution in [2.24, 2.45) is 5.41 Å². The van der Waals surface area contributed by atoms with E-state index in [1.54, 1.807) is 0 Å². The predicted octanol–water partition coefficient (Wildman–Crippen LogP) is 0.317. The van der Waals surface area contributed by atoms with E-state index in [0.29, 0.717) is 5.41 Å². The normalized spacial score (nSPS) is 30.7. The Labute approximate surface area is 80.4 Å². The fraction of sp³-hybridized carbons (Fsp3) is 1.00. The molecule has 2 aliphatic rings. The van der Waals surface area contributed by atoms with Gasteiger partial charge in [0.1, 0.15) is 0 Å². The summed E-state index contributed by atoms with van der Waals surface area (Å²) < 4.78 is 5.41. The molecule has 0 amide bonds. The second-order valence-corrected chi connectivity index (χ2v) is 5.21. The molecular weight excluding hydrogens is 164 g/mol. The van der Waals surface area contributed by atoms with Gasteiger partial charge in [0.2, 0.25) is 0 Å². The summed E-state index contributed by atoms with van der Waals surface area (Å²) in [7, 11) is 1.81. The second kappa shape index (κ2) is 2.94. The van der Waals surface area contributed by atoms with Crippen LogP contribution in [0.5, 0.6) is 0 Å². The Hall–Kier alpha value is -0.120. The van der Waals surface area contributed by atoms with Crippen LogP contribution in [0, 0.1) is 5.41 Å². The van der Waals surface area contributed by atoms with Crippen LogP contribution >= 0.6 is 0 Å². The molecule has 0 unspecified atom stereocenters. The zero-order valence-electron chi connectivity index (χ0n) is 8.89. The number of rotatable bonds is 3. The molecule has 0 aliphatic carbocycles. The summed E-state index contributed by atoms with van der Waals surface area (Å²) >= 11 is 0. The van der Waals surface area contributed by atoms with E-state index < -0.39 is 0 Å². The summed E-state index contributed by atoms with van der Waals surface area (Å²) in [5, 5.41) is 3.33. The summed E-state index contributed by atoms with van der Waals surface area (Å²) in [4.78, 5) is 2.49. The SMILES string of the molecule is COC1(C)CN(CC2(C)CNC2)C1. The highest BCUT2D eigenvalue weighted by Crippen LogP contribution is 2.30. The van der Waals surface area contributed by atoms with Gasteiger partial charge in [-0.05, 0) is 6.92 Å². The van der Waals surface area contributed by atoms with Gasteiger partial charge in [0.25, 0.3) is 0 Å². The summed E-state index contributed by atoms with van der Waals surface area (Å²) in [5.41, 5.74) is 0.655. The van der Waals surface area contributed by atoms with Crippen molar-refractivity contribution < 1.29 is 4.74 Å². The third kappa shape index (κ3) is 1.73. The molecule has 0 atom stereocenters. The summed E-state index contributed by atoms with van der Waals surface area (Å²) in [6.45, 7) is 10.3. The maximum atomic E-state index is 5.41. The van der Waals surface area contributed by atoms with E-state index in [1.807, 2.05) is 7.11 Å². The van der Waals surface area contributed by atoms with Gasteiger partial charge in [-0.15, -0.1) is 0 Å². The first-order valence-electron chi connectivity index (χ1n) is 5.04. The minimum Gasteiger partial charge on any atom is -0.376 e. The smallest absolute Gasteiger partial charge is 0.0903 e. The maximum absolute atomic E-state index is 5.41. The van der Waals surface area contributed by atoms with Crippen LogP contribution in [0.3, 0.4) is 0 Å². The number of ether oxygens (including phenoxy) is 1. The van der Waals surface area contributed by atoms with Gasteiger partial charge in [-0.3, -0.25) is 4.90 Å². The lowest BCUT2D eigenvalue weighted by Crippen LogP contribution is -2.66. The van der Waals surface area contributed by atoms with E-state index in [4.69, 9.17) is 4.74 Å². The quantitative estimate of drug-likeness (QED) is 0.683. The van der Waals surface area contributed by atoms with Crippen LogP contribution < -0.4 is 5.32 Å². The van der Waals surface area contributed by atoms with Gasteiger partial charge < -0.3 is 10.1 Å². The summed E-state index contributed by atoms with van der Waals surface area (Å²) in [6.07, 6.45) is 0. The van der Waals surface area contributed by atoms with E-state index >= 15 is 0 Å². The minimum absolute atomic E-state index is 0.132. The van der Waals surface area contributed by atoms with Crippen molar-refractivity contribution >= 4 is 0 Å². The number of likely N-dealkylation sites (tertiary alicyclic amines) is 1. The molecule has 2 heterocycles. The van der Waals surface area contributed by atoms with E-state index in [0.717, 1.165) is 13.1 Å². The van der Waals surface area contributed by atoms with Gasteiger partial charge in [0, 0.05) is 45.2 Å². The van der Waals surface area contributed by atoms with Gasteiger partial charge in [-0.2, -0.15) is 0 Å². The second-order valence-electron chi connectivity index (χ2n) is 5.21. The molecule has 1 N–H and O–H groups in total. The van der Waals surface area contributed by atoms with Crippen molar-refractivity contribution in [2.75, 3.05) is 39.8 Å². The average Bonchev–Trinajstić information content (AvgIpc) is 1.98. The molecule has 0 bridgehead atoms. The molecule has 0 radical (unpaired) electrons.